The number of nitrogens with zero attached hydrogens (tertiary/aromatic N) is 2. The van der Waals surface area contributed by atoms with Crippen LogP contribution in [0.25, 0.3) is 11.0 Å². The van der Waals surface area contributed by atoms with Gasteiger partial charge >= 0.3 is 5.69 Å². The van der Waals surface area contributed by atoms with Crippen molar-refractivity contribution in [2.75, 3.05) is 13.1 Å². The van der Waals surface area contributed by atoms with Crippen molar-refractivity contribution in [3.63, 3.8) is 0 Å². The molecule has 1 saturated heterocycles. The lowest BCUT2D eigenvalue weighted by Gasteiger charge is -2.24. The maximum absolute atomic E-state index is 12.2. The Kier molecular flexibility index (Phi) is 3.03. The molecule has 1 aliphatic rings. The Balaban J connectivity index is 2.22. The van der Waals surface area contributed by atoms with Gasteiger partial charge in [-0.25, -0.2) is 4.79 Å². The molecule has 2 heterocycles. The topological polar surface area (TPSA) is 41.0 Å². The Morgan fingerprint density at radius 2 is 2.33 bits per heavy atom. The molecule has 0 amide bonds. The van der Waals surface area contributed by atoms with Gasteiger partial charge in [0.2, 0.25) is 0 Å². The van der Waals surface area contributed by atoms with Gasteiger partial charge in [-0.05, 0) is 47.4 Å². The minimum atomic E-state index is -0.0118. The summed E-state index contributed by atoms with van der Waals surface area (Å²) in [6.45, 7) is 4.20. The van der Waals surface area contributed by atoms with Crippen LogP contribution < -0.4 is 5.69 Å². The molecule has 1 aromatic carbocycles. The van der Waals surface area contributed by atoms with Crippen LogP contribution in [0.5, 0.6) is 0 Å². The fourth-order valence-electron chi connectivity index (χ4n) is 2.89. The molecule has 1 aromatic heterocycles. The molecule has 4 nitrogen and oxygen atoms in total. The Hall–Kier alpha value is -1.07. The Morgan fingerprint density at radius 1 is 1.50 bits per heavy atom. The van der Waals surface area contributed by atoms with Crippen LogP contribution in [-0.4, -0.2) is 27.5 Å². The molecule has 3 rings (SSSR count). The first-order chi connectivity index (χ1) is 8.72. The zero-order valence-corrected chi connectivity index (χ0v) is 11.9. The first kappa shape index (κ1) is 12.0. The molecule has 96 valence electrons. The van der Waals surface area contributed by atoms with E-state index in [-0.39, 0.29) is 11.9 Å². The summed E-state index contributed by atoms with van der Waals surface area (Å²) < 4.78 is 2.87. The van der Waals surface area contributed by atoms with E-state index in [0.29, 0.717) is 0 Å². The third-order valence-electron chi connectivity index (χ3n) is 3.72. The molecule has 1 aliphatic heterocycles. The first-order valence-corrected chi connectivity index (χ1v) is 7.14. The molecular formula is C13H16BrN3O. The number of para-hydroxylation sites is 1. The number of rotatable bonds is 2. The van der Waals surface area contributed by atoms with Crippen molar-refractivity contribution in [1.82, 2.24) is 14.5 Å². The number of hydrogen-bond donors (Lipinski definition) is 1. The lowest BCUT2D eigenvalue weighted by Crippen LogP contribution is -2.32. The Bertz CT molecular complexity index is 631. The first-order valence-electron chi connectivity index (χ1n) is 6.35. The molecule has 0 saturated carbocycles. The minimum absolute atomic E-state index is 0.0118. The fourth-order valence-corrected chi connectivity index (χ4v) is 3.45. The predicted octanol–water partition coefficient (Wildman–Crippen LogP) is 2.71. The Labute approximate surface area is 114 Å². The Morgan fingerprint density at radius 3 is 3.11 bits per heavy atom. The fraction of sp³-hybridized carbons (Fsp3) is 0.462. The van der Waals surface area contributed by atoms with E-state index in [2.05, 4.69) is 32.7 Å². The average molecular weight is 310 g/mol. The van der Waals surface area contributed by atoms with Crippen molar-refractivity contribution in [3.05, 3.63) is 33.2 Å². The highest BCUT2D eigenvalue weighted by Gasteiger charge is 2.27. The molecule has 18 heavy (non-hydrogen) atoms. The molecule has 1 N–H and O–H groups in total. The standard InChI is InChI=1S/C13H16BrN3O/c1-2-16-8-4-7-11(16)17-12-9(14)5-3-6-10(12)15-13(17)18/h3,5-6,11H,2,4,7-8H2,1H3,(H,15,18). The summed E-state index contributed by atoms with van der Waals surface area (Å²) in [5, 5.41) is 0. The van der Waals surface area contributed by atoms with E-state index in [1.807, 2.05) is 22.8 Å². The van der Waals surface area contributed by atoms with Gasteiger partial charge in [-0.2, -0.15) is 0 Å². The highest BCUT2D eigenvalue weighted by Crippen LogP contribution is 2.30. The van der Waals surface area contributed by atoms with Crippen molar-refractivity contribution in [2.45, 2.75) is 25.9 Å². The van der Waals surface area contributed by atoms with Crippen LogP contribution in [-0.2, 0) is 0 Å². The molecule has 0 radical (unpaired) electrons. The number of fused-ring (bicyclic) bond motifs is 1. The SMILES string of the molecule is CCN1CCCC1n1c(=O)[nH]c2cccc(Br)c21. The van der Waals surface area contributed by atoms with Gasteiger partial charge in [0.25, 0.3) is 0 Å². The second-order valence-corrected chi connectivity index (χ2v) is 5.54. The maximum atomic E-state index is 12.2. The zero-order chi connectivity index (χ0) is 12.7. The van der Waals surface area contributed by atoms with Gasteiger partial charge in [0, 0.05) is 11.0 Å². The van der Waals surface area contributed by atoms with Crippen LogP contribution in [0.15, 0.2) is 27.5 Å². The highest BCUT2D eigenvalue weighted by molar-refractivity contribution is 9.10. The number of benzene rings is 1. The monoisotopic (exact) mass is 309 g/mol. The van der Waals surface area contributed by atoms with E-state index in [1.165, 1.54) is 0 Å². The lowest BCUT2D eigenvalue weighted by molar-refractivity contribution is 0.204. The van der Waals surface area contributed by atoms with E-state index in [4.69, 9.17) is 0 Å². The second-order valence-electron chi connectivity index (χ2n) is 4.69. The molecule has 0 aliphatic carbocycles. The van der Waals surface area contributed by atoms with Gasteiger partial charge in [-0.15, -0.1) is 0 Å². The summed E-state index contributed by atoms with van der Waals surface area (Å²) in [7, 11) is 0. The van der Waals surface area contributed by atoms with Crippen LogP contribution in [0.1, 0.15) is 25.9 Å². The van der Waals surface area contributed by atoms with Crippen molar-refractivity contribution in [2.24, 2.45) is 0 Å². The third-order valence-corrected chi connectivity index (χ3v) is 4.36. The number of H-pyrrole nitrogens is 1. The molecule has 1 atom stereocenters. The maximum Gasteiger partial charge on any atom is 0.327 e. The summed E-state index contributed by atoms with van der Waals surface area (Å²) in [4.78, 5) is 17.5. The average Bonchev–Trinajstić information content (AvgIpc) is 2.92. The third kappa shape index (κ3) is 1.73. The molecule has 2 aromatic rings. The number of nitrogens with one attached hydrogen (secondary N) is 1. The molecule has 5 heteroatoms. The highest BCUT2D eigenvalue weighted by atomic mass is 79.9. The van der Waals surface area contributed by atoms with Gasteiger partial charge in [0.15, 0.2) is 0 Å². The zero-order valence-electron chi connectivity index (χ0n) is 10.3. The van der Waals surface area contributed by atoms with Crippen LogP contribution in [0, 0.1) is 0 Å². The van der Waals surface area contributed by atoms with Gasteiger partial charge in [-0.3, -0.25) is 9.47 Å². The quantitative estimate of drug-likeness (QED) is 0.926. The number of likely N-dealkylation sites (tertiary alicyclic amines) is 1. The minimum Gasteiger partial charge on any atom is -0.305 e. The van der Waals surface area contributed by atoms with E-state index in [9.17, 15) is 4.79 Å². The lowest BCUT2D eigenvalue weighted by atomic mass is 10.3. The summed E-state index contributed by atoms with van der Waals surface area (Å²) in [6, 6.07) is 5.87. The van der Waals surface area contributed by atoms with E-state index in [0.717, 1.165) is 41.4 Å². The predicted molar refractivity (Wildman–Crippen MR) is 75.8 cm³/mol. The van der Waals surface area contributed by atoms with Gasteiger partial charge in [-0.1, -0.05) is 13.0 Å². The smallest absolute Gasteiger partial charge is 0.305 e. The normalized spacial score (nSPS) is 20.9. The summed E-state index contributed by atoms with van der Waals surface area (Å²) in [6.07, 6.45) is 2.39. The van der Waals surface area contributed by atoms with E-state index in [1.54, 1.807) is 0 Å². The van der Waals surface area contributed by atoms with Crippen LogP contribution in [0.2, 0.25) is 0 Å². The van der Waals surface area contributed by atoms with Crippen molar-refractivity contribution in [1.29, 1.82) is 0 Å². The largest absolute Gasteiger partial charge is 0.327 e. The number of aromatic nitrogens is 2. The van der Waals surface area contributed by atoms with Gasteiger partial charge in [0.05, 0.1) is 17.2 Å². The van der Waals surface area contributed by atoms with Crippen LogP contribution >= 0.6 is 15.9 Å². The number of halogens is 1. The van der Waals surface area contributed by atoms with Gasteiger partial charge in [0.1, 0.15) is 0 Å². The second kappa shape index (κ2) is 4.55. The number of hydrogen-bond acceptors (Lipinski definition) is 2. The van der Waals surface area contributed by atoms with Crippen molar-refractivity contribution in [3.8, 4) is 0 Å². The summed E-state index contributed by atoms with van der Waals surface area (Å²) in [5.41, 5.74) is 1.87. The molecule has 0 spiro atoms. The molecule has 1 unspecified atom stereocenters. The van der Waals surface area contributed by atoms with Crippen molar-refractivity contribution < 1.29 is 0 Å². The molecular weight excluding hydrogens is 294 g/mol. The van der Waals surface area contributed by atoms with Gasteiger partial charge < -0.3 is 4.98 Å². The number of imidazole rings is 1. The number of aromatic amines is 1. The van der Waals surface area contributed by atoms with Crippen LogP contribution in [0.3, 0.4) is 0 Å². The summed E-state index contributed by atoms with van der Waals surface area (Å²) >= 11 is 3.55. The summed E-state index contributed by atoms with van der Waals surface area (Å²) in [5.74, 6) is 0. The van der Waals surface area contributed by atoms with Crippen molar-refractivity contribution >= 4 is 27.0 Å². The van der Waals surface area contributed by atoms with E-state index >= 15 is 0 Å². The van der Waals surface area contributed by atoms with E-state index < -0.39 is 0 Å². The molecule has 1 fully saturated rings. The van der Waals surface area contributed by atoms with Crippen LogP contribution in [0.4, 0.5) is 0 Å². The molecule has 0 bridgehead atoms.